The van der Waals surface area contributed by atoms with Crippen LogP contribution in [-0.2, 0) is 11.2 Å². The molecule has 0 saturated heterocycles. The summed E-state index contributed by atoms with van der Waals surface area (Å²) in [6, 6.07) is 6.96. The Balaban J connectivity index is 1.97. The van der Waals surface area contributed by atoms with Gasteiger partial charge >= 0.3 is 5.97 Å². The van der Waals surface area contributed by atoms with E-state index in [-0.39, 0.29) is 11.9 Å². The molecule has 0 bridgehead atoms. The summed E-state index contributed by atoms with van der Waals surface area (Å²) in [5.41, 5.74) is 1.56. The van der Waals surface area contributed by atoms with E-state index < -0.39 is 0 Å². The topological polar surface area (TPSA) is 44.1 Å². The van der Waals surface area contributed by atoms with E-state index >= 15 is 0 Å². The summed E-state index contributed by atoms with van der Waals surface area (Å²) in [4.78, 5) is 11.9. The number of carbonyl (C=O) groups is 1. The minimum atomic E-state index is -0.195. The maximum atomic E-state index is 11.9. The first kappa shape index (κ1) is 14.4. The highest BCUT2D eigenvalue weighted by atomic mass is 35.5. The first-order valence-corrected chi connectivity index (χ1v) is 7.60. The zero-order chi connectivity index (χ0) is 15.0. The molecule has 4 nitrogen and oxygen atoms in total. The van der Waals surface area contributed by atoms with Gasteiger partial charge in [0.15, 0.2) is 0 Å². The van der Waals surface area contributed by atoms with Gasteiger partial charge in [0.05, 0.1) is 27.3 Å². The van der Waals surface area contributed by atoms with Crippen molar-refractivity contribution in [3.05, 3.63) is 40.0 Å². The normalized spacial score (nSPS) is 14.2. The molecular weight excluding hydrogens is 311 g/mol. The van der Waals surface area contributed by atoms with Crippen molar-refractivity contribution in [2.24, 2.45) is 5.92 Å². The fraction of sp³-hybridized carbons (Fsp3) is 0.333. The summed E-state index contributed by atoms with van der Waals surface area (Å²) >= 11 is 12.0. The van der Waals surface area contributed by atoms with Crippen LogP contribution in [0.5, 0.6) is 5.88 Å². The molecule has 1 aliphatic carbocycles. The van der Waals surface area contributed by atoms with Crippen LogP contribution >= 0.6 is 23.2 Å². The zero-order valence-electron chi connectivity index (χ0n) is 11.5. The molecule has 6 heteroatoms. The number of esters is 1. The van der Waals surface area contributed by atoms with Gasteiger partial charge in [0.2, 0.25) is 5.88 Å². The molecule has 1 fully saturated rings. The molecule has 0 radical (unpaired) electrons. The molecule has 2 aromatic rings. The summed E-state index contributed by atoms with van der Waals surface area (Å²) in [6.07, 6.45) is 2.56. The van der Waals surface area contributed by atoms with E-state index in [1.165, 1.54) is 0 Å². The van der Waals surface area contributed by atoms with Crippen molar-refractivity contribution in [1.82, 2.24) is 9.78 Å². The first-order valence-electron chi connectivity index (χ1n) is 6.84. The Hall–Kier alpha value is -1.52. The van der Waals surface area contributed by atoms with Gasteiger partial charge in [-0.1, -0.05) is 30.1 Å². The van der Waals surface area contributed by atoms with E-state index in [1.54, 1.807) is 28.9 Å². The van der Waals surface area contributed by atoms with Gasteiger partial charge in [0, 0.05) is 6.07 Å². The van der Waals surface area contributed by atoms with Crippen LogP contribution in [-0.4, -0.2) is 15.7 Å². The highest BCUT2D eigenvalue weighted by Crippen LogP contribution is 2.32. The third-order valence-corrected chi connectivity index (χ3v) is 4.09. The van der Waals surface area contributed by atoms with Gasteiger partial charge in [0.25, 0.3) is 0 Å². The van der Waals surface area contributed by atoms with Crippen LogP contribution in [0.15, 0.2) is 24.3 Å². The van der Waals surface area contributed by atoms with E-state index in [1.807, 2.05) is 6.92 Å². The molecule has 3 rings (SSSR count). The average molecular weight is 325 g/mol. The van der Waals surface area contributed by atoms with Gasteiger partial charge in [-0.25, -0.2) is 4.68 Å². The van der Waals surface area contributed by atoms with Crippen LogP contribution in [0.1, 0.15) is 25.5 Å². The molecular formula is C15H14Cl2N2O2. The van der Waals surface area contributed by atoms with Crippen LogP contribution in [0.4, 0.5) is 0 Å². The summed E-state index contributed by atoms with van der Waals surface area (Å²) < 4.78 is 7.05. The van der Waals surface area contributed by atoms with Crippen LogP contribution < -0.4 is 4.74 Å². The molecule has 21 heavy (non-hydrogen) atoms. The third-order valence-electron chi connectivity index (χ3n) is 3.35. The van der Waals surface area contributed by atoms with Crippen molar-refractivity contribution >= 4 is 29.2 Å². The van der Waals surface area contributed by atoms with Crippen LogP contribution in [0.2, 0.25) is 10.0 Å². The largest absolute Gasteiger partial charge is 0.407 e. The fourth-order valence-corrected chi connectivity index (χ4v) is 2.26. The summed E-state index contributed by atoms with van der Waals surface area (Å²) in [5.74, 6) is 0.258. The van der Waals surface area contributed by atoms with Crippen molar-refractivity contribution < 1.29 is 9.53 Å². The van der Waals surface area contributed by atoms with Gasteiger partial charge in [-0.3, -0.25) is 4.79 Å². The van der Waals surface area contributed by atoms with Crippen LogP contribution in [0.3, 0.4) is 0 Å². The lowest BCUT2D eigenvalue weighted by atomic mass is 10.3. The molecule has 0 atom stereocenters. The zero-order valence-corrected chi connectivity index (χ0v) is 13.0. The van der Waals surface area contributed by atoms with Crippen molar-refractivity contribution in [2.75, 3.05) is 0 Å². The predicted octanol–water partition coefficient (Wildman–Crippen LogP) is 4.06. The van der Waals surface area contributed by atoms with Crippen LogP contribution in [0, 0.1) is 5.92 Å². The number of carbonyl (C=O) groups excluding carboxylic acids is 1. The number of hydrogen-bond acceptors (Lipinski definition) is 3. The summed E-state index contributed by atoms with van der Waals surface area (Å²) in [5, 5.41) is 5.34. The average Bonchev–Trinajstić information content (AvgIpc) is 3.24. The van der Waals surface area contributed by atoms with E-state index in [4.69, 9.17) is 27.9 Å². The molecule has 1 aromatic heterocycles. The number of aryl methyl sites for hydroxylation is 1. The van der Waals surface area contributed by atoms with Gasteiger partial charge < -0.3 is 4.74 Å². The lowest BCUT2D eigenvalue weighted by molar-refractivity contribution is -0.136. The Labute approximate surface area is 132 Å². The predicted molar refractivity (Wildman–Crippen MR) is 81.3 cm³/mol. The molecule has 0 amide bonds. The van der Waals surface area contributed by atoms with Gasteiger partial charge in [-0.05, 0) is 37.5 Å². The molecule has 0 unspecified atom stereocenters. The molecule has 1 heterocycles. The number of hydrogen-bond donors (Lipinski definition) is 0. The van der Waals surface area contributed by atoms with E-state index in [0.717, 1.165) is 25.0 Å². The molecule has 1 saturated carbocycles. The Morgan fingerprint density at radius 1 is 1.33 bits per heavy atom. The summed E-state index contributed by atoms with van der Waals surface area (Å²) in [6.45, 7) is 1.99. The van der Waals surface area contributed by atoms with Gasteiger partial charge in [-0.15, -0.1) is 0 Å². The Morgan fingerprint density at radius 3 is 2.71 bits per heavy atom. The number of halogens is 2. The number of benzene rings is 1. The van der Waals surface area contributed by atoms with Crippen molar-refractivity contribution in [3.8, 4) is 11.6 Å². The Bertz CT molecular complexity index is 693. The fourth-order valence-electron chi connectivity index (χ4n) is 1.96. The standard InChI is InChI=1S/C15H14Cl2N2O2/c1-2-10-7-14(21-15(20)9-3-4-9)19(18-10)11-5-6-12(16)13(17)8-11/h5-9H,2-4H2,1H3. The Morgan fingerprint density at radius 2 is 2.10 bits per heavy atom. The number of rotatable bonds is 4. The second-order valence-corrected chi connectivity index (χ2v) is 5.85. The lowest BCUT2D eigenvalue weighted by Crippen LogP contribution is -2.12. The number of nitrogens with zero attached hydrogens (tertiary/aromatic N) is 2. The van der Waals surface area contributed by atoms with E-state index in [0.29, 0.717) is 21.6 Å². The molecule has 110 valence electrons. The third kappa shape index (κ3) is 3.06. The highest BCUT2D eigenvalue weighted by molar-refractivity contribution is 6.42. The second kappa shape index (κ2) is 5.70. The maximum absolute atomic E-state index is 11.9. The van der Waals surface area contributed by atoms with E-state index in [9.17, 15) is 4.79 Å². The summed E-state index contributed by atoms with van der Waals surface area (Å²) in [7, 11) is 0. The monoisotopic (exact) mass is 324 g/mol. The van der Waals surface area contributed by atoms with Crippen molar-refractivity contribution in [2.45, 2.75) is 26.2 Å². The molecule has 1 aliphatic rings. The lowest BCUT2D eigenvalue weighted by Gasteiger charge is -2.08. The quantitative estimate of drug-likeness (QED) is 0.796. The van der Waals surface area contributed by atoms with Crippen molar-refractivity contribution in [1.29, 1.82) is 0 Å². The molecule has 1 aromatic carbocycles. The first-order chi connectivity index (χ1) is 10.1. The smallest absolute Gasteiger partial charge is 0.315 e. The second-order valence-electron chi connectivity index (χ2n) is 5.03. The molecule has 0 spiro atoms. The van der Waals surface area contributed by atoms with Crippen LogP contribution in [0.25, 0.3) is 5.69 Å². The van der Waals surface area contributed by atoms with E-state index in [2.05, 4.69) is 5.10 Å². The maximum Gasteiger partial charge on any atom is 0.315 e. The SMILES string of the molecule is CCc1cc(OC(=O)C2CC2)n(-c2ccc(Cl)c(Cl)c2)n1. The van der Waals surface area contributed by atoms with Gasteiger partial charge in [0.1, 0.15) is 0 Å². The number of ether oxygens (including phenoxy) is 1. The number of aromatic nitrogens is 2. The molecule has 0 N–H and O–H groups in total. The highest BCUT2D eigenvalue weighted by Gasteiger charge is 2.32. The molecule has 0 aliphatic heterocycles. The van der Waals surface area contributed by atoms with Gasteiger partial charge in [-0.2, -0.15) is 5.10 Å². The Kier molecular flexibility index (Phi) is 3.91. The van der Waals surface area contributed by atoms with Crippen molar-refractivity contribution in [3.63, 3.8) is 0 Å². The minimum Gasteiger partial charge on any atom is -0.407 e. The minimum absolute atomic E-state index is 0.0345.